The Bertz CT molecular complexity index is 375. The fourth-order valence-electron chi connectivity index (χ4n) is 2.88. The predicted octanol–water partition coefficient (Wildman–Crippen LogP) is 3.83. The fourth-order valence-corrected chi connectivity index (χ4v) is 4.25. The zero-order chi connectivity index (χ0) is 12.4. The van der Waals surface area contributed by atoms with Crippen molar-refractivity contribution >= 4 is 11.8 Å². The Labute approximate surface area is 115 Å². The standard InChI is InChI=1S/C16H23NS/c1-2-9-17(11-13-7-8-13)12-15-10-14-5-3-4-6-16(14)18-15/h3-6,13,15H,2,7-12H2,1H3. The van der Waals surface area contributed by atoms with Crippen molar-refractivity contribution < 1.29 is 0 Å². The molecule has 1 heterocycles. The highest BCUT2D eigenvalue weighted by molar-refractivity contribution is 8.00. The second kappa shape index (κ2) is 5.66. The molecule has 0 N–H and O–H groups in total. The van der Waals surface area contributed by atoms with Gasteiger partial charge in [0, 0.05) is 23.2 Å². The van der Waals surface area contributed by atoms with Crippen molar-refractivity contribution in [1.82, 2.24) is 4.90 Å². The molecule has 1 atom stereocenters. The molecule has 18 heavy (non-hydrogen) atoms. The van der Waals surface area contributed by atoms with Crippen LogP contribution >= 0.6 is 11.8 Å². The molecule has 1 unspecified atom stereocenters. The first-order valence-corrected chi connectivity index (χ1v) is 8.20. The van der Waals surface area contributed by atoms with Crippen LogP contribution in [0.1, 0.15) is 31.7 Å². The van der Waals surface area contributed by atoms with E-state index in [9.17, 15) is 0 Å². The summed E-state index contributed by atoms with van der Waals surface area (Å²) in [7, 11) is 0. The SMILES string of the molecule is CCCN(CC1CC1)CC1Cc2ccccc2S1. The van der Waals surface area contributed by atoms with Crippen molar-refractivity contribution in [1.29, 1.82) is 0 Å². The highest BCUT2D eigenvalue weighted by Gasteiger charge is 2.27. The van der Waals surface area contributed by atoms with Crippen LogP contribution in [0.3, 0.4) is 0 Å². The Kier molecular flexibility index (Phi) is 3.95. The highest BCUT2D eigenvalue weighted by atomic mass is 32.2. The molecule has 0 amide bonds. The van der Waals surface area contributed by atoms with E-state index in [0.29, 0.717) is 0 Å². The minimum atomic E-state index is 0.785. The Morgan fingerprint density at radius 3 is 2.78 bits per heavy atom. The fraction of sp³-hybridized carbons (Fsp3) is 0.625. The molecule has 1 aromatic carbocycles. The molecular formula is C16H23NS. The number of hydrogen-bond donors (Lipinski definition) is 0. The number of thioether (sulfide) groups is 1. The van der Waals surface area contributed by atoms with Gasteiger partial charge in [0.15, 0.2) is 0 Å². The van der Waals surface area contributed by atoms with Crippen LogP contribution in [0.2, 0.25) is 0 Å². The van der Waals surface area contributed by atoms with Gasteiger partial charge >= 0.3 is 0 Å². The lowest BCUT2D eigenvalue weighted by atomic mass is 10.1. The summed E-state index contributed by atoms with van der Waals surface area (Å²) in [5.74, 6) is 1.02. The second-order valence-electron chi connectivity index (χ2n) is 5.75. The van der Waals surface area contributed by atoms with E-state index < -0.39 is 0 Å². The number of hydrogen-bond acceptors (Lipinski definition) is 2. The van der Waals surface area contributed by atoms with Gasteiger partial charge in [-0.1, -0.05) is 25.1 Å². The zero-order valence-corrected chi connectivity index (χ0v) is 12.1. The van der Waals surface area contributed by atoms with Crippen LogP contribution < -0.4 is 0 Å². The van der Waals surface area contributed by atoms with E-state index in [1.54, 1.807) is 5.56 Å². The molecule has 1 aromatic rings. The van der Waals surface area contributed by atoms with Crippen LogP contribution in [0.5, 0.6) is 0 Å². The molecule has 0 aromatic heterocycles. The van der Waals surface area contributed by atoms with E-state index in [1.807, 2.05) is 0 Å². The molecule has 1 saturated carbocycles. The molecule has 1 nitrogen and oxygen atoms in total. The van der Waals surface area contributed by atoms with E-state index in [0.717, 1.165) is 11.2 Å². The van der Waals surface area contributed by atoms with Crippen LogP contribution in [0.25, 0.3) is 0 Å². The first-order valence-electron chi connectivity index (χ1n) is 7.32. The maximum atomic E-state index is 2.71. The van der Waals surface area contributed by atoms with Crippen LogP contribution in [-0.4, -0.2) is 29.8 Å². The van der Waals surface area contributed by atoms with Gasteiger partial charge in [0.05, 0.1) is 0 Å². The van der Waals surface area contributed by atoms with Gasteiger partial charge < -0.3 is 4.90 Å². The quantitative estimate of drug-likeness (QED) is 0.766. The predicted molar refractivity (Wildman–Crippen MR) is 79.2 cm³/mol. The summed E-state index contributed by atoms with van der Waals surface area (Å²) in [5.41, 5.74) is 1.57. The zero-order valence-electron chi connectivity index (χ0n) is 11.3. The smallest absolute Gasteiger partial charge is 0.0263 e. The van der Waals surface area contributed by atoms with Gasteiger partial charge in [-0.05, 0) is 49.8 Å². The normalized spacial score (nSPS) is 22.4. The molecule has 1 aliphatic carbocycles. The van der Waals surface area contributed by atoms with E-state index in [2.05, 4.69) is 47.9 Å². The molecule has 1 aliphatic heterocycles. The maximum absolute atomic E-state index is 2.71. The van der Waals surface area contributed by atoms with Gasteiger partial charge in [-0.2, -0.15) is 0 Å². The van der Waals surface area contributed by atoms with Crippen molar-refractivity contribution in [2.75, 3.05) is 19.6 Å². The van der Waals surface area contributed by atoms with Crippen LogP contribution in [0.15, 0.2) is 29.2 Å². The van der Waals surface area contributed by atoms with Crippen LogP contribution in [0, 0.1) is 5.92 Å². The van der Waals surface area contributed by atoms with Gasteiger partial charge in [-0.25, -0.2) is 0 Å². The largest absolute Gasteiger partial charge is 0.302 e. The molecule has 0 spiro atoms. The number of nitrogens with zero attached hydrogens (tertiary/aromatic N) is 1. The first-order chi connectivity index (χ1) is 8.85. The monoisotopic (exact) mass is 261 g/mol. The van der Waals surface area contributed by atoms with E-state index in [-0.39, 0.29) is 0 Å². The summed E-state index contributed by atoms with van der Waals surface area (Å²) < 4.78 is 0. The Hall–Kier alpha value is -0.470. The average Bonchev–Trinajstić information content (AvgIpc) is 3.07. The molecule has 0 saturated heterocycles. The van der Waals surface area contributed by atoms with Crippen molar-refractivity contribution in [3.8, 4) is 0 Å². The summed E-state index contributed by atoms with van der Waals surface area (Å²) in [6.07, 6.45) is 5.50. The highest BCUT2D eigenvalue weighted by Crippen LogP contribution is 2.37. The summed E-state index contributed by atoms with van der Waals surface area (Å²) in [6, 6.07) is 8.93. The number of benzene rings is 1. The van der Waals surface area contributed by atoms with Gasteiger partial charge in [-0.3, -0.25) is 0 Å². The van der Waals surface area contributed by atoms with Crippen molar-refractivity contribution in [2.45, 2.75) is 42.8 Å². The summed E-state index contributed by atoms with van der Waals surface area (Å²) in [4.78, 5) is 4.23. The molecule has 2 aliphatic rings. The minimum Gasteiger partial charge on any atom is -0.302 e. The molecule has 0 radical (unpaired) electrons. The third-order valence-electron chi connectivity index (χ3n) is 3.93. The van der Waals surface area contributed by atoms with E-state index in [1.165, 1.54) is 50.2 Å². The Morgan fingerprint density at radius 1 is 1.22 bits per heavy atom. The molecule has 3 rings (SSSR count). The Balaban J connectivity index is 1.56. The third kappa shape index (κ3) is 3.10. The lowest BCUT2D eigenvalue weighted by molar-refractivity contribution is 0.264. The van der Waals surface area contributed by atoms with Gasteiger partial charge in [0.1, 0.15) is 0 Å². The Morgan fingerprint density at radius 2 is 2.06 bits per heavy atom. The molecular weight excluding hydrogens is 238 g/mol. The summed E-state index contributed by atoms with van der Waals surface area (Å²) in [5, 5.41) is 0.785. The van der Waals surface area contributed by atoms with Gasteiger partial charge in [-0.15, -0.1) is 11.8 Å². The lowest BCUT2D eigenvalue weighted by Crippen LogP contribution is -2.33. The molecule has 2 heteroatoms. The lowest BCUT2D eigenvalue weighted by Gasteiger charge is -2.24. The van der Waals surface area contributed by atoms with Crippen LogP contribution in [-0.2, 0) is 6.42 Å². The van der Waals surface area contributed by atoms with Crippen molar-refractivity contribution in [3.63, 3.8) is 0 Å². The van der Waals surface area contributed by atoms with Crippen molar-refractivity contribution in [2.24, 2.45) is 5.92 Å². The molecule has 1 fully saturated rings. The van der Waals surface area contributed by atoms with Crippen LogP contribution in [0.4, 0.5) is 0 Å². The summed E-state index contributed by atoms with van der Waals surface area (Å²) >= 11 is 2.10. The molecule has 98 valence electrons. The third-order valence-corrected chi connectivity index (χ3v) is 5.23. The molecule has 0 bridgehead atoms. The average molecular weight is 261 g/mol. The van der Waals surface area contributed by atoms with E-state index in [4.69, 9.17) is 0 Å². The van der Waals surface area contributed by atoms with Gasteiger partial charge in [0.2, 0.25) is 0 Å². The van der Waals surface area contributed by atoms with Crippen molar-refractivity contribution in [3.05, 3.63) is 29.8 Å². The topological polar surface area (TPSA) is 3.24 Å². The minimum absolute atomic E-state index is 0.785. The number of rotatable bonds is 6. The van der Waals surface area contributed by atoms with Gasteiger partial charge in [0.25, 0.3) is 0 Å². The maximum Gasteiger partial charge on any atom is 0.0263 e. The first kappa shape index (κ1) is 12.6. The van der Waals surface area contributed by atoms with E-state index >= 15 is 0 Å². The number of fused-ring (bicyclic) bond motifs is 1. The second-order valence-corrected chi connectivity index (χ2v) is 7.10. The summed E-state index contributed by atoms with van der Waals surface area (Å²) in [6.45, 7) is 6.21.